The number of unbranched alkanes of at least 4 members (excludes halogenated alkanes) is 16. The molecule has 1 spiro atoms. The average Bonchev–Trinajstić information content (AvgIpc) is 3.47. The second-order valence-electron chi connectivity index (χ2n) is 16.7. The lowest BCUT2D eigenvalue weighted by Crippen LogP contribution is -2.41. The van der Waals surface area contributed by atoms with Gasteiger partial charge in [0.2, 0.25) is 0 Å². The molecule has 1 aliphatic heterocycles. The maximum absolute atomic E-state index is 11.1. The lowest BCUT2D eigenvalue weighted by Gasteiger charge is -2.39. The Labute approximate surface area is 318 Å². The highest BCUT2D eigenvalue weighted by Crippen LogP contribution is 2.46. The van der Waals surface area contributed by atoms with Crippen LogP contribution in [0.5, 0.6) is 0 Å². The van der Waals surface area contributed by atoms with E-state index in [2.05, 4.69) is 83.2 Å². The number of hydrogen-bond donors (Lipinski definition) is 1. The lowest BCUT2D eigenvalue weighted by atomic mass is 9.76. The third-order valence-electron chi connectivity index (χ3n) is 11.9. The molecule has 4 unspecified atom stereocenters. The van der Waals surface area contributed by atoms with Crippen molar-refractivity contribution in [2.45, 2.75) is 239 Å². The van der Waals surface area contributed by atoms with Crippen LogP contribution in [0.15, 0.2) is 48.6 Å². The Kier molecular flexibility index (Phi) is 27.2. The molecule has 0 aromatic carbocycles. The standard InChI is InChI=1S/C48H86O3/c1-6-8-10-12-14-16-18-20-22-24-26-28-30-32-34-36-45-46(37-35-33-31-29-27-25-23-21-19-17-15-13-11-9-7-2)51-48(50-45)40-38-44(39-41-48)47(49)43(5)42(3)4/h14-17,20-23,42-47,49H,6-13,18-19,24-41H2,1-5H3. The Hall–Kier alpha value is -1.16. The molecule has 1 heterocycles. The second kappa shape index (κ2) is 30.2. The highest BCUT2D eigenvalue weighted by atomic mass is 16.8. The first-order chi connectivity index (χ1) is 24.9. The van der Waals surface area contributed by atoms with Crippen LogP contribution in [0, 0.1) is 17.8 Å². The van der Waals surface area contributed by atoms with Crippen molar-refractivity contribution in [2.75, 3.05) is 0 Å². The quantitative estimate of drug-likeness (QED) is 0.0575. The molecule has 2 fully saturated rings. The zero-order valence-corrected chi connectivity index (χ0v) is 34.6. The van der Waals surface area contributed by atoms with Gasteiger partial charge in [-0.05, 0) is 108 Å². The maximum atomic E-state index is 11.1. The summed E-state index contributed by atoms with van der Waals surface area (Å²) in [4.78, 5) is 0. The van der Waals surface area contributed by atoms with Gasteiger partial charge in [-0.1, -0.05) is 160 Å². The first-order valence-corrected chi connectivity index (χ1v) is 22.6. The molecular formula is C48H86O3. The smallest absolute Gasteiger partial charge is 0.169 e. The van der Waals surface area contributed by atoms with Crippen LogP contribution in [-0.4, -0.2) is 29.2 Å². The van der Waals surface area contributed by atoms with Gasteiger partial charge in [-0.2, -0.15) is 0 Å². The molecule has 296 valence electrons. The van der Waals surface area contributed by atoms with Gasteiger partial charge in [-0.25, -0.2) is 0 Å². The van der Waals surface area contributed by atoms with Gasteiger partial charge >= 0.3 is 0 Å². The van der Waals surface area contributed by atoms with Gasteiger partial charge in [0.15, 0.2) is 5.79 Å². The Morgan fingerprint density at radius 3 is 1.29 bits per heavy atom. The topological polar surface area (TPSA) is 38.7 Å². The van der Waals surface area contributed by atoms with Crippen molar-refractivity contribution in [2.24, 2.45) is 17.8 Å². The molecule has 0 aromatic rings. The van der Waals surface area contributed by atoms with E-state index in [9.17, 15) is 5.11 Å². The zero-order valence-electron chi connectivity index (χ0n) is 34.6. The van der Waals surface area contributed by atoms with E-state index in [-0.39, 0.29) is 18.3 Å². The molecule has 1 saturated heterocycles. The van der Waals surface area contributed by atoms with Gasteiger partial charge in [-0.3, -0.25) is 0 Å². The van der Waals surface area contributed by atoms with Crippen molar-refractivity contribution < 1.29 is 14.6 Å². The predicted molar refractivity (Wildman–Crippen MR) is 223 cm³/mol. The Morgan fingerprint density at radius 1 is 0.529 bits per heavy atom. The van der Waals surface area contributed by atoms with Crippen molar-refractivity contribution in [3.63, 3.8) is 0 Å². The molecule has 3 heteroatoms. The fourth-order valence-electron chi connectivity index (χ4n) is 8.02. The number of ether oxygens (including phenoxy) is 2. The van der Waals surface area contributed by atoms with E-state index in [0.29, 0.717) is 17.8 Å². The molecule has 1 saturated carbocycles. The van der Waals surface area contributed by atoms with Gasteiger partial charge < -0.3 is 14.6 Å². The van der Waals surface area contributed by atoms with Crippen molar-refractivity contribution in [1.29, 1.82) is 0 Å². The number of rotatable bonds is 31. The van der Waals surface area contributed by atoms with Crippen LogP contribution < -0.4 is 0 Å². The molecule has 0 amide bonds. The lowest BCUT2D eigenvalue weighted by molar-refractivity contribution is -0.205. The largest absolute Gasteiger partial charge is 0.393 e. The monoisotopic (exact) mass is 711 g/mol. The first kappa shape index (κ1) is 46.0. The van der Waals surface area contributed by atoms with Gasteiger partial charge in [0, 0.05) is 12.8 Å². The minimum atomic E-state index is -0.402. The molecule has 0 bridgehead atoms. The zero-order chi connectivity index (χ0) is 36.8. The van der Waals surface area contributed by atoms with E-state index < -0.39 is 5.79 Å². The molecule has 4 atom stereocenters. The third-order valence-corrected chi connectivity index (χ3v) is 11.9. The maximum Gasteiger partial charge on any atom is 0.169 e. The van der Waals surface area contributed by atoms with Crippen molar-refractivity contribution in [3.8, 4) is 0 Å². The van der Waals surface area contributed by atoms with Gasteiger partial charge in [0.1, 0.15) is 0 Å². The van der Waals surface area contributed by atoms with Crippen LogP contribution in [0.2, 0.25) is 0 Å². The highest BCUT2D eigenvalue weighted by molar-refractivity contribution is 4.94. The average molecular weight is 711 g/mol. The molecule has 0 aromatic heterocycles. The van der Waals surface area contributed by atoms with E-state index in [1.54, 1.807) is 0 Å². The Morgan fingerprint density at radius 2 is 0.902 bits per heavy atom. The number of aliphatic hydroxyl groups is 1. The van der Waals surface area contributed by atoms with Gasteiger partial charge in [0.25, 0.3) is 0 Å². The highest BCUT2D eigenvalue weighted by Gasteiger charge is 2.49. The summed E-state index contributed by atoms with van der Waals surface area (Å²) in [5.74, 6) is 0.824. The summed E-state index contributed by atoms with van der Waals surface area (Å²) in [5.41, 5.74) is 0. The Bertz CT molecular complexity index is 851. The van der Waals surface area contributed by atoms with E-state index in [1.165, 1.54) is 128 Å². The summed E-state index contributed by atoms with van der Waals surface area (Å²) in [5, 5.41) is 11.1. The van der Waals surface area contributed by atoms with Crippen LogP contribution in [0.1, 0.15) is 214 Å². The van der Waals surface area contributed by atoms with Crippen molar-refractivity contribution in [3.05, 3.63) is 48.6 Å². The van der Waals surface area contributed by atoms with Crippen molar-refractivity contribution >= 4 is 0 Å². The summed E-state index contributed by atoms with van der Waals surface area (Å²) in [6.07, 6.45) is 53.3. The SMILES string of the molecule is CCCCCC=CCC=CCCCCCCCC1OC2(CCC(C(O)C(C)C(C)C)CC2)OC1CCCCCCCC=CCC=CCCCCC. The minimum Gasteiger partial charge on any atom is -0.393 e. The summed E-state index contributed by atoms with van der Waals surface area (Å²) in [6, 6.07) is 0. The summed E-state index contributed by atoms with van der Waals surface area (Å²) < 4.78 is 13.8. The van der Waals surface area contributed by atoms with Gasteiger partial charge in [-0.15, -0.1) is 0 Å². The minimum absolute atomic E-state index is 0.212. The molecule has 2 aliphatic rings. The summed E-state index contributed by atoms with van der Waals surface area (Å²) >= 11 is 0. The molecule has 51 heavy (non-hydrogen) atoms. The normalized spacial score (nSPS) is 24.1. The van der Waals surface area contributed by atoms with E-state index in [4.69, 9.17) is 9.47 Å². The van der Waals surface area contributed by atoms with E-state index >= 15 is 0 Å². The summed E-state index contributed by atoms with van der Waals surface area (Å²) in [6.45, 7) is 11.2. The first-order valence-electron chi connectivity index (χ1n) is 22.6. The van der Waals surface area contributed by atoms with Crippen LogP contribution in [0.25, 0.3) is 0 Å². The van der Waals surface area contributed by atoms with E-state index in [0.717, 1.165) is 51.4 Å². The molecule has 3 nitrogen and oxygen atoms in total. The molecule has 0 radical (unpaired) electrons. The molecular weight excluding hydrogens is 625 g/mol. The second-order valence-corrected chi connectivity index (χ2v) is 16.7. The molecule has 1 aliphatic carbocycles. The van der Waals surface area contributed by atoms with Crippen LogP contribution in [0.3, 0.4) is 0 Å². The fourth-order valence-corrected chi connectivity index (χ4v) is 8.02. The molecule has 1 N–H and O–H groups in total. The Balaban J connectivity index is 1.68. The molecule has 2 rings (SSSR count). The van der Waals surface area contributed by atoms with E-state index in [1.807, 2.05) is 0 Å². The predicted octanol–water partition coefficient (Wildman–Crippen LogP) is 14.9. The van der Waals surface area contributed by atoms with Crippen LogP contribution >= 0.6 is 0 Å². The third kappa shape index (κ3) is 21.4. The van der Waals surface area contributed by atoms with Crippen LogP contribution in [0.4, 0.5) is 0 Å². The van der Waals surface area contributed by atoms with Crippen LogP contribution in [-0.2, 0) is 9.47 Å². The number of hydrogen-bond acceptors (Lipinski definition) is 3. The van der Waals surface area contributed by atoms with Crippen molar-refractivity contribution in [1.82, 2.24) is 0 Å². The number of allylic oxidation sites excluding steroid dienone is 8. The van der Waals surface area contributed by atoms with Gasteiger partial charge in [0.05, 0.1) is 18.3 Å². The number of aliphatic hydroxyl groups excluding tert-OH is 1. The fraction of sp³-hybridized carbons (Fsp3) is 0.833. The summed E-state index contributed by atoms with van der Waals surface area (Å²) in [7, 11) is 0.